The van der Waals surface area contributed by atoms with Crippen LogP contribution in [0.3, 0.4) is 0 Å². The van der Waals surface area contributed by atoms with Crippen LogP contribution < -0.4 is 17.1 Å². The largest absolute Gasteiger partial charge is 0.668 e. The molecule has 0 saturated heterocycles. The summed E-state index contributed by atoms with van der Waals surface area (Å²) >= 11 is 0. The predicted octanol–water partition coefficient (Wildman–Crippen LogP) is 1.33. The molecule has 0 aliphatic carbocycles. The highest BCUT2D eigenvalue weighted by molar-refractivity contribution is 6.79. The van der Waals surface area contributed by atoms with Gasteiger partial charge in [0.2, 0.25) is 0 Å². The van der Waals surface area contributed by atoms with Crippen molar-refractivity contribution in [1.82, 2.24) is 13.7 Å². The van der Waals surface area contributed by atoms with E-state index in [1.165, 1.54) is 48.7 Å². The van der Waals surface area contributed by atoms with E-state index in [9.17, 15) is 14.4 Å². The first kappa shape index (κ1) is 36.7. The molecule has 14 nitrogen and oxygen atoms in total. The molecule has 1 aromatic rings. The lowest BCUT2D eigenvalue weighted by Gasteiger charge is -2.32. The second-order valence-electron chi connectivity index (χ2n) is 10.2. The van der Waals surface area contributed by atoms with Gasteiger partial charge in [0, 0.05) is 55.7 Å². The molecule has 0 unspecified atom stereocenters. The van der Waals surface area contributed by atoms with Gasteiger partial charge >= 0.3 is 35.2 Å². The third kappa shape index (κ3) is 9.63. The molecule has 1 heterocycles. The Morgan fingerprint density at radius 1 is 0.600 bits per heavy atom. The van der Waals surface area contributed by atoms with Crippen molar-refractivity contribution < 1.29 is 34.8 Å². The summed E-state index contributed by atoms with van der Waals surface area (Å²) in [6.45, 7) is 11.8. The molecule has 0 fully saturated rings. The van der Waals surface area contributed by atoms with Gasteiger partial charge < -0.3 is 34.8 Å². The number of nitrogens with zero attached hydrogens (tertiary/aromatic N) is 3. The number of rotatable bonds is 20. The van der Waals surface area contributed by atoms with E-state index in [-0.39, 0.29) is 19.6 Å². The van der Waals surface area contributed by atoms with Crippen molar-refractivity contribution in [1.29, 1.82) is 0 Å². The molecule has 18 heteroatoms. The second-order valence-corrected chi connectivity index (χ2v) is 24.3. The average molecular weight is 642 g/mol. The van der Waals surface area contributed by atoms with Gasteiger partial charge in [-0.25, -0.2) is 28.1 Å². The fourth-order valence-corrected chi connectivity index (χ4v) is 15.5. The van der Waals surface area contributed by atoms with E-state index >= 15 is 0 Å². The Morgan fingerprint density at radius 2 is 0.900 bits per heavy atom. The molecule has 0 radical (unpaired) electrons. The van der Waals surface area contributed by atoms with Crippen molar-refractivity contribution in [3.8, 4) is 0 Å². The lowest BCUT2D eigenvalue weighted by molar-refractivity contribution is 0.0469. The molecule has 40 heavy (non-hydrogen) atoms. The van der Waals surface area contributed by atoms with E-state index in [2.05, 4.69) is 6.58 Å². The van der Waals surface area contributed by atoms with Crippen molar-refractivity contribution in [2.24, 2.45) is 0 Å². The molecule has 0 aliphatic heterocycles. The smallest absolute Gasteiger partial charge is 0.394 e. The van der Waals surface area contributed by atoms with E-state index in [4.69, 9.17) is 34.8 Å². The Labute approximate surface area is 240 Å². The quantitative estimate of drug-likeness (QED) is 0.150. The zero-order chi connectivity index (χ0) is 30.8. The SMILES string of the molecule is C=CCn1c(=O)n(CCC[Si](C)(C)O[Si](OC)(OC)OC)c(=O)n(CCC[Si](C)(C)O[Si](OC)(OC)OC)c1=O. The summed E-state index contributed by atoms with van der Waals surface area (Å²) in [6, 6.07) is 1.18. The Hall–Kier alpha value is -1.30. The monoisotopic (exact) mass is 641 g/mol. The third-order valence-corrected chi connectivity index (χ3v) is 18.9. The fourth-order valence-electron chi connectivity index (χ4n) is 4.21. The molecule has 0 N–H and O–H groups in total. The molecule has 1 aromatic heterocycles. The molecule has 0 aromatic carbocycles. The van der Waals surface area contributed by atoms with Crippen LogP contribution in [0.15, 0.2) is 27.0 Å². The molecule has 0 atom stereocenters. The minimum atomic E-state index is -3.25. The molecule has 0 amide bonds. The standard InChI is InChI=1S/C22H47N3O11Si4/c1-12-15-23-20(26)24(16-13-18-37(8,9)35-39(29-2,30-3)31-4)22(28)25(21(23)27)17-14-19-38(10,11)36-40(32-5,33-6)34-7/h12H,1,13-19H2,2-11H3. The predicted molar refractivity (Wildman–Crippen MR) is 159 cm³/mol. The summed E-state index contributed by atoms with van der Waals surface area (Å²) in [7, 11) is -2.44. The van der Waals surface area contributed by atoms with Gasteiger partial charge in [0.1, 0.15) is 0 Å². The fraction of sp³-hybridized carbons (Fsp3) is 0.773. The van der Waals surface area contributed by atoms with E-state index in [0.29, 0.717) is 24.9 Å². The molecule has 1 rings (SSSR count). The Balaban J connectivity index is 3.17. The van der Waals surface area contributed by atoms with Crippen LogP contribution in [0.2, 0.25) is 38.3 Å². The van der Waals surface area contributed by atoms with Gasteiger partial charge in [-0.05, 0) is 51.1 Å². The van der Waals surface area contributed by atoms with Gasteiger partial charge in [-0.3, -0.25) is 0 Å². The zero-order valence-electron chi connectivity index (χ0n) is 25.6. The van der Waals surface area contributed by atoms with E-state index in [1.807, 2.05) is 26.2 Å². The van der Waals surface area contributed by atoms with Crippen LogP contribution >= 0.6 is 0 Å². The second kappa shape index (κ2) is 15.8. The Bertz CT molecular complexity index is 1030. The first-order chi connectivity index (χ1) is 18.6. The summed E-state index contributed by atoms with van der Waals surface area (Å²) in [4.78, 5) is 39.6. The highest BCUT2D eigenvalue weighted by Crippen LogP contribution is 2.22. The average Bonchev–Trinajstić information content (AvgIpc) is 2.92. The van der Waals surface area contributed by atoms with Crippen molar-refractivity contribution in [3.63, 3.8) is 0 Å². The number of allylic oxidation sites excluding steroid dienone is 1. The van der Waals surface area contributed by atoms with Crippen LogP contribution in [-0.2, 0) is 54.4 Å². The van der Waals surface area contributed by atoms with Gasteiger partial charge in [-0.1, -0.05) is 6.08 Å². The van der Waals surface area contributed by atoms with E-state index in [1.54, 1.807) is 0 Å². The summed E-state index contributed by atoms with van der Waals surface area (Å²) < 4.78 is 47.8. The summed E-state index contributed by atoms with van der Waals surface area (Å²) in [5.41, 5.74) is -2.00. The van der Waals surface area contributed by atoms with E-state index in [0.717, 1.165) is 13.7 Å². The van der Waals surface area contributed by atoms with Crippen molar-refractivity contribution >= 4 is 34.7 Å². The summed E-state index contributed by atoms with van der Waals surface area (Å²) in [5, 5.41) is 0. The molecule has 0 saturated carbocycles. The number of hydrogen-bond acceptors (Lipinski definition) is 11. The molecule has 0 aliphatic rings. The topological polar surface area (TPSA) is 140 Å². The molecular formula is C22H47N3O11Si4. The van der Waals surface area contributed by atoms with Crippen LogP contribution in [0.4, 0.5) is 0 Å². The Kier molecular flexibility index (Phi) is 14.5. The lowest BCUT2D eigenvalue weighted by atomic mass is 10.4. The highest BCUT2D eigenvalue weighted by Gasteiger charge is 2.48. The maximum atomic E-state index is 13.4. The maximum Gasteiger partial charge on any atom is 0.668 e. The van der Waals surface area contributed by atoms with Crippen LogP contribution in [-0.4, -0.2) is 91.1 Å². The lowest BCUT2D eigenvalue weighted by Crippen LogP contribution is -2.55. The molecule has 0 spiro atoms. The first-order valence-corrected chi connectivity index (χ1v) is 22.4. The first-order valence-electron chi connectivity index (χ1n) is 12.9. The number of aromatic nitrogens is 3. The van der Waals surface area contributed by atoms with Crippen molar-refractivity contribution in [3.05, 3.63) is 44.1 Å². The zero-order valence-corrected chi connectivity index (χ0v) is 29.6. The maximum absolute atomic E-state index is 13.4. The Morgan fingerprint density at radius 3 is 1.18 bits per heavy atom. The van der Waals surface area contributed by atoms with Crippen LogP contribution in [0.25, 0.3) is 0 Å². The normalized spacial score (nSPS) is 13.2. The van der Waals surface area contributed by atoms with Crippen LogP contribution in [0.5, 0.6) is 0 Å². The van der Waals surface area contributed by atoms with Gasteiger partial charge in [-0.2, -0.15) is 0 Å². The molecular weight excluding hydrogens is 595 g/mol. The molecule has 232 valence electrons. The van der Waals surface area contributed by atoms with Crippen molar-refractivity contribution in [2.45, 2.75) is 70.8 Å². The van der Waals surface area contributed by atoms with Gasteiger partial charge in [0.25, 0.3) is 0 Å². The molecule has 0 bridgehead atoms. The van der Waals surface area contributed by atoms with Crippen LogP contribution in [0, 0.1) is 0 Å². The minimum absolute atomic E-state index is 0.0159. The minimum Gasteiger partial charge on any atom is -0.394 e. The summed E-state index contributed by atoms with van der Waals surface area (Å²) in [5.74, 6) is 0. The van der Waals surface area contributed by atoms with Gasteiger partial charge in [0.15, 0.2) is 16.6 Å². The van der Waals surface area contributed by atoms with Gasteiger partial charge in [-0.15, -0.1) is 6.58 Å². The van der Waals surface area contributed by atoms with Gasteiger partial charge in [0.05, 0.1) is 6.54 Å². The number of hydrogen-bond donors (Lipinski definition) is 0. The van der Waals surface area contributed by atoms with Crippen LogP contribution in [0.1, 0.15) is 12.8 Å². The highest BCUT2D eigenvalue weighted by atomic mass is 28.5. The van der Waals surface area contributed by atoms with Crippen molar-refractivity contribution in [2.75, 3.05) is 42.7 Å². The van der Waals surface area contributed by atoms with E-state index < -0.39 is 51.8 Å². The summed E-state index contributed by atoms with van der Waals surface area (Å²) in [6.07, 6.45) is 2.38. The third-order valence-electron chi connectivity index (χ3n) is 6.32.